The molecule has 1 N–H and O–H groups in total. The summed E-state index contributed by atoms with van der Waals surface area (Å²) in [5.41, 5.74) is 2.56. The summed E-state index contributed by atoms with van der Waals surface area (Å²) in [5, 5.41) is 16.8. The monoisotopic (exact) mass is 357 g/mol. The molecule has 0 saturated heterocycles. The van der Waals surface area contributed by atoms with Crippen molar-refractivity contribution in [2.45, 2.75) is 32.4 Å². The largest absolute Gasteiger partial charge is 0.394 e. The van der Waals surface area contributed by atoms with Gasteiger partial charge in [-0.05, 0) is 24.5 Å². The molecule has 1 aromatic heterocycles. The van der Waals surface area contributed by atoms with Gasteiger partial charge in [0.15, 0.2) is 0 Å². The second-order valence-electron chi connectivity index (χ2n) is 6.41. The summed E-state index contributed by atoms with van der Waals surface area (Å²) in [6.45, 7) is 0.656. The number of hydrogen-bond acceptors (Lipinski definition) is 5. The van der Waals surface area contributed by atoms with Crippen LogP contribution >= 0.6 is 0 Å². The maximum Gasteiger partial charge on any atom is 0.242 e. The van der Waals surface area contributed by atoms with Crippen LogP contribution in [-0.4, -0.2) is 57.0 Å². The van der Waals surface area contributed by atoms with Crippen molar-refractivity contribution >= 4 is 17.5 Å². The number of anilines is 1. The first-order valence-corrected chi connectivity index (χ1v) is 8.70. The molecule has 0 radical (unpaired) electrons. The number of para-hydroxylation sites is 1. The van der Waals surface area contributed by atoms with Crippen LogP contribution in [0.1, 0.15) is 24.1 Å². The summed E-state index contributed by atoms with van der Waals surface area (Å²) < 4.78 is 1.53. The Balaban J connectivity index is 1.68. The van der Waals surface area contributed by atoms with E-state index in [1.165, 1.54) is 9.58 Å². The lowest BCUT2D eigenvalue weighted by molar-refractivity contribution is -0.130. The van der Waals surface area contributed by atoms with E-state index in [9.17, 15) is 9.59 Å². The molecule has 0 atom stereocenters. The summed E-state index contributed by atoms with van der Waals surface area (Å²) in [7, 11) is 1.68. The number of amides is 2. The second kappa shape index (κ2) is 8.09. The first-order valence-electron chi connectivity index (χ1n) is 8.70. The third kappa shape index (κ3) is 4.08. The molecule has 0 bridgehead atoms. The smallest absolute Gasteiger partial charge is 0.242 e. The van der Waals surface area contributed by atoms with Crippen molar-refractivity contribution in [3.8, 4) is 0 Å². The van der Waals surface area contributed by atoms with Crippen LogP contribution in [-0.2, 0) is 29.1 Å². The van der Waals surface area contributed by atoms with Gasteiger partial charge in [0.1, 0.15) is 12.2 Å². The molecule has 0 unspecified atom stereocenters. The van der Waals surface area contributed by atoms with Crippen LogP contribution in [0.15, 0.2) is 30.5 Å². The zero-order valence-corrected chi connectivity index (χ0v) is 14.8. The Morgan fingerprint density at radius 3 is 2.92 bits per heavy atom. The number of benzene rings is 1. The number of fused-ring (bicyclic) bond motifs is 1. The van der Waals surface area contributed by atoms with Gasteiger partial charge in [-0.2, -0.15) is 0 Å². The fraction of sp³-hybridized carbons (Fsp3) is 0.444. The molecule has 8 nitrogen and oxygen atoms in total. The maximum absolute atomic E-state index is 12.7. The molecule has 0 fully saturated rings. The van der Waals surface area contributed by atoms with Gasteiger partial charge in [-0.15, -0.1) is 5.10 Å². The third-order valence-corrected chi connectivity index (χ3v) is 4.45. The second-order valence-corrected chi connectivity index (χ2v) is 6.41. The summed E-state index contributed by atoms with van der Waals surface area (Å²) in [4.78, 5) is 28.3. The van der Waals surface area contributed by atoms with Crippen LogP contribution in [0.2, 0.25) is 0 Å². The van der Waals surface area contributed by atoms with Crippen LogP contribution < -0.4 is 4.90 Å². The Kier molecular flexibility index (Phi) is 5.62. The van der Waals surface area contributed by atoms with Gasteiger partial charge in [0.25, 0.3) is 0 Å². The molecule has 26 heavy (non-hydrogen) atoms. The molecule has 0 spiro atoms. The number of likely N-dealkylation sites (N-methyl/N-ethyl adjacent to an activating group) is 1. The Labute approximate surface area is 152 Å². The number of rotatable bonds is 6. The molecule has 2 heterocycles. The van der Waals surface area contributed by atoms with E-state index in [0.29, 0.717) is 25.2 Å². The van der Waals surface area contributed by atoms with E-state index < -0.39 is 0 Å². The van der Waals surface area contributed by atoms with Crippen molar-refractivity contribution < 1.29 is 14.7 Å². The summed E-state index contributed by atoms with van der Waals surface area (Å²) in [6, 6.07) is 7.75. The highest BCUT2D eigenvalue weighted by molar-refractivity contribution is 5.99. The molecular weight excluding hydrogens is 334 g/mol. The third-order valence-electron chi connectivity index (χ3n) is 4.45. The van der Waals surface area contributed by atoms with Gasteiger partial charge in [-0.25, -0.2) is 4.68 Å². The topological polar surface area (TPSA) is 91.6 Å². The van der Waals surface area contributed by atoms with Crippen molar-refractivity contribution in [1.29, 1.82) is 0 Å². The van der Waals surface area contributed by atoms with Crippen LogP contribution in [0.4, 0.5) is 5.69 Å². The number of aliphatic hydroxyl groups excluding tert-OH is 1. The van der Waals surface area contributed by atoms with Crippen LogP contribution in [0, 0.1) is 0 Å². The minimum absolute atomic E-state index is 0.0110. The van der Waals surface area contributed by atoms with Crippen molar-refractivity contribution in [1.82, 2.24) is 19.9 Å². The highest BCUT2D eigenvalue weighted by Gasteiger charge is 2.25. The molecule has 138 valence electrons. The maximum atomic E-state index is 12.7. The predicted molar refractivity (Wildman–Crippen MR) is 95.3 cm³/mol. The normalized spacial score (nSPS) is 14.1. The van der Waals surface area contributed by atoms with E-state index in [2.05, 4.69) is 10.3 Å². The van der Waals surface area contributed by atoms with E-state index >= 15 is 0 Å². The average Bonchev–Trinajstić information content (AvgIpc) is 3.00. The number of hydrogen-bond donors (Lipinski definition) is 1. The summed E-state index contributed by atoms with van der Waals surface area (Å²) in [6.07, 6.45) is 3.79. The predicted octanol–water partition coefficient (Wildman–Crippen LogP) is 0.598. The lowest BCUT2D eigenvalue weighted by Crippen LogP contribution is -2.41. The van der Waals surface area contributed by atoms with E-state index in [-0.39, 0.29) is 25.0 Å². The molecule has 0 aliphatic carbocycles. The Bertz CT molecular complexity index is 789. The standard InChI is InChI=1S/C18H23N5O3/c1-21(11-15-12-22(9-10-24)20-19-15)18(26)13-23-16-7-3-2-5-14(16)6-4-8-17(23)25/h2-3,5,7,12,24H,4,6,8-11,13H2,1H3. The van der Waals surface area contributed by atoms with Crippen LogP contribution in [0.3, 0.4) is 0 Å². The molecular formula is C18H23N5O3. The minimum Gasteiger partial charge on any atom is -0.394 e. The lowest BCUT2D eigenvalue weighted by atomic mass is 10.1. The molecule has 2 aromatic rings. The highest BCUT2D eigenvalue weighted by Crippen LogP contribution is 2.26. The van der Waals surface area contributed by atoms with Gasteiger partial charge in [0.2, 0.25) is 11.8 Å². The minimum atomic E-state index is -0.160. The van der Waals surface area contributed by atoms with Gasteiger partial charge in [0.05, 0.1) is 25.9 Å². The molecule has 1 aromatic carbocycles. The van der Waals surface area contributed by atoms with Crippen LogP contribution in [0.5, 0.6) is 0 Å². The molecule has 8 heteroatoms. The van der Waals surface area contributed by atoms with E-state index in [4.69, 9.17) is 5.11 Å². The molecule has 1 aliphatic rings. The van der Waals surface area contributed by atoms with Gasteiger partial charge >= 0.3 is 0 Å². The first kappa shape index (κ1) is 18.1. The Morgan fingerprint density at radius 1 is 1.31 bits per heavy atom. The molecule has 0 saturated carbocycles. The number of aliphatic hydroxyl groups is 1. The lowest BCUT2D eigenvalue weighted by Gasteiger charge is -2.25. The average molecular weight is 357 g/mol. The fourth-order valence-corrected chi connectivity index (χ4v) is 3.07. The van der Waals surface area contributed by atoms with E-state index in [0.717, 1.165) is 24.1 Å². The zero-order valence-electron chi connectivity index (χ0n) is 14.8. The molecule has 1 aliphatic heterocycles. The van der Waals surface area contributed by atoms with Crippen LogP contribution in [0.25, 0.3) is 0 Å². The highest BCUT2D eigenvalue weighted by atomic mass is 16.3. The Hall–Kier alpha value is -2.74. The van der Waals surface area contributed by atoms with Gasteiger partial charge in [-0.3, -0.25) is 9.59 Å². The van der Waals surface area contributed by atoms with Crippen molar-refractivity contribution in [2.24, 2.45) is 0 Å². The number of nitrogens with zero attached hydrogens (tertiary/aromatic N) is 5. The summed E-state index contributed by atoms with van der Waals surface area (Å²) >= 11 is 0. The molecule has 3 rings (SSSR count). The van der Waals surface area contributed by atoms with E-state index in [1.54, 1.807) is 18.1 Å². The first-order chi connectivity index (χ1) is 12.6. The number of aromatic nitrogens is 3. The quantitative estimate of drug-likeness (QED) is 0.817. The number of carbonyl (C=O) groups is 2. The zero-order chi connectivity index (χ0) is 18.5. The fourth-order valence-electron chi connectivity index (χ4n) is 3.07. The summed E-state index contributed by atoms with van der Waals surface area (Å²) in [5.74, 6) is -0.183. The van der Waals surface area contributed by atoms with Crippen molar-refractivity contribution in [3.05, 3.63) is 41.7 Å². The SMILES string of the molecule is CN(Cc1cn(CCO)nn1)C(=O)CN1C(=O)CCCc2ccccc21. The van der Waals surface area contributed by atoms with Crippen molar-refractivity contribution in [3.63, 3.8) is 0 Å². The number of aryl methyl sites for hydroxylation is 1. The Morgan fingerprint density at radius 2 is 2.12 bits per heavy atom. The number of carbonyl (C=O) groups excluding carboxylic acids is 2. The van der Waals surface area contributed by atoms with Gasteiger partial charge in [0, 0.05) is 19.2 Å². The van der Waals surface area contributed by atoms with Crippen molar-refractivity contribution in [2.75, 3.05) is 25.1 Å². The van der Waals surface area contributed by atoms with Gasteiger partial charge in [-0.1, -0.05) is 23.4 Å². The van der Waals surface area contributed by atoms with Gasteiger partial charge < -0.3 is 14.9 Å². The van der Waals surface area contributed by atoms with E-state index in [1.807, 2.05) is 24.3 Å². The molecule has 2 amide bonds.